The Kier molecular flexibility index (Phi) is 20.8. The Bertz CT molecular complexity index is 555. The first-order chi connectivity index (χ1) is 17.7. The van der Waals surface area contributed by atoms with Crippen molar-refractivity contribution in [2.75, 3.05) is 26.2 Å². The maximum atomic E-state index is 12.1. The lowest BCUT2D eigenvalue weighted by Crippen LogP contribution is -2.50. The fraction of sp³-hybridized carbons (Fsp3) is 0.800. The van der Waals surface area contributed by atoms with Crippen LogP contribution >= 0.6 is 0 Å². The van der Waals surface area contributed by atoms with E-state index in [1.165, 1.54) is 133 Å². The van der Waals surface area contributed by atoms with Crippen molar-refractivity contribution in [2.45, 2.75) is 130 Å². The van der Waals surface area contributed by atoms with Crippen molar-refractivity contribution in [3.8, 4) is 5.75 Å². The Labute approximate surface area is 223 Å². The van der Waals surface area contributed by atoms with Gasteiger partial charge in [0.05, 0.1) is 26.2 Å². The monoisotopic (exact) mass is 537 g/mol. The summed E-state index contributed by atoms with van der Waals surface area (Å²) in [6, 6.07) is 0. The van der Waals surface area contributed by atoms with E-state index in [-0.39, 0.29) is 0 Å². The van der Waals surface area contributed by atoms with Gasteiger partial charge in [-0.25, -0.2) is 22.0 Å². The molecule has 1 rings (SSSR count). The third-order valence-electron chi connectivity index (χ3n) is 7.11. The van der Waals surface area contributed by atoms with E-state index in [2.05, 4.69) is 27.7 Å². The number of rotatable bonds is 20. The minimum Gasteiger partial charge on any atom is -0.868 e. The molecule has 0 fully saturated rings. The molecule has 2 nitrogen and oxygen atoms in total. The summed E-state index contributed by atoms with van der Waals surface area (Å²) in [5, 5.41) is 10.2. The molecule has 0 aromatic heterocycles. The van der Waals surface area contributed by atoms with Crippen LogP contribution in [0, 0.1) is 29.1 Å². The van der Waals surface area contributed by atoms with E-state index in [4.69, 9.17) is 0 Å². The number of halogens is 5. The van der Waals surface area contributed by atoms with Gasteiger partial charge in [-0.05, 0) is 57.1 Å². The lowest BCUT2D eigenvalue weighted by molar-refractivity contribution is -0.929. The number of unbranched alkanes of at least 4 members (excludes halogenated alkanes) is 12. The van der Waals surface area contributed by atoms with Gasteiger partial charge in [0, 0.05) is 0 Å². The molecule has 0 saturated heterocycles. The Hall–Kier alpha value is -1.37. The summed E-state index contributed by atoms with van der Waals surface area (Å²) in [7, 11) is 0. The average Bonchev–Trinajstić information content (AvgIpc) is 2.91. The zero-order chi connectivity index (χ0) is 28.1. The van der Waals surface area contributed by atoms with Crippen LogP contribution in [0.3, 0.4) is 0 Å². The van der Waals surface area contributed by atoms with Crippen molar-refractivity contribution < 1.29 is 31.5 Å². The van der Waals surface area contributed by atoms with Gasteiger partial charge in [-0.15, -0.1) is 0 Å². The van der Waals surface area contributed by atoms with Crippen LogP contribution in [0.4, 0.5) is 22.0 Å². The highest BCUT2D eigenvalue weighted by molar-refractivity contribution is 5.26. The second kappa shape index (κ2) is 21.6. The topological polar surface area (TPSA) is 23.1 Å². The molecule has 0 saturated carbocycles. The van der Waals surface area contributed by atoms with Crippen molar-refractivity contribution in [2.24, 2.45) is 0 Å². The number of hydrogen-bond donors (Lipinski definition) is 0. The van der Waals surface area contributed by atoms with E-state index < -0.39 is 34.8 Å². The smallest absolute Gasteiger partial charge is 0.200 e. The largest absolute Gasteiger partial charge is 0.868 e. The molecule has 0 radical (unpaired) electrons. The molecule has 0 aliphatic carbocycles. The SMILES string of the molecule is CCCCCC[N+](CCCCCC)(CCCCCC)CCCCCC.[O-]c1c(F)c(F)c(F)c(F)c1F. The van der Waals surface area contributed by atoms with E-state index in [0.29, 0.717) is 0 Å². The first-order valence-corrected chi connectivity index (χ1v) is 14.7. The maximum absolute atomic E-state index is 12.1. The van der Waals surface area contributed by atoms with Gasteiger partial charge in [-0.3, -0.25) is 0 Å². The van der Waals surface area contributed by atoms with Crippen molar-refractivity contribution in [3.05, 3.63) is 29.1 Å². The fourth-order valence-electron chi connectivity index (χ4n) is 4.75. The van der Waals surface area contributed by atoms with Gasteiger partial charge in [0.15, 0.2) is 29.1 Å². The van der Waals surface area contributed by atoms with Crippen LogP contribution in [-0.4, -0.2) is 30.7 Å². The van der Waals surface area contributed by atoms with Crippen LogP contribution in [0.25, 0.3) is 0 Å². The summed E-state index contributed by atoms with van der Waals surface area (Å²) >= 11 is 0. The Morgan fingerprint density at radius 2 is 0.649 bits per heavy atom. The number of nitrogens with zero attached hydrogens (tertiary/aromatic N) is 1. The molecular weight excluding hydrogens is 485 g/mol. The van der Waals surface area contributed by atoms with Crippen molar-refractivity contribution >= 4 is 0 Å². The predicted octanol–water partition coefficient (Wildman–Crippen LogP) is 9.58. The second-order valence-electron chi connectivity index (χ2n) is 10.4. The number of quaternary nitrogens is 1. The zero-order valence-electron chi connectivity index (χ0n) is 23.9. The lowest BCUT2D eigenvalue weighted by Gasteiger charge is -2.39. The summed E-state index contributed by atoms with van der Waals surface area (Å²) in [5.41, 5.74) is 0. The van der Waals surface area contributed by atoms with Gasteiger partial charge in [-0.1, -0.05) is 79.1 Å². The summed E-state index contributed by atoms with van der Waals surface area (Å²) in [6.07, 6.45) is 22.8. The molecule has 1 aromatic rings. The molecule has 0 aliphatic heterocycles. The Balaban J connectivity index is 0.000000893. The van der Waals surface area contributed by atoms with Gasteiger partial charge >= 0.3 is 0 Å². The van der Waals surface area contributed by atoms with Crippen molar-refractivity contribution in [3.63, 3.8) is 0 Å². The standard InChI is InChI=1S/C24H52N.C6HF5O/c1-5-9-13-17-21-25(22-18-14-10-6-2,23-19-15-11-7-3)24-20-16-12-8-4;7-1-2(8)4(10)6(12)5(11)3(1)9/h5-24H2,1-4H3;12H/q+1;/p-1. The third kappa shape index (κ3) is 14.4. The molecule has 218 valence electrons. The van der Waals surface area contributed by atoms with Gasteiger partial charge < -0.3 is 9.59 Å². The van der Waals surface area contributed by atoms with Crippen LogP contribution < -0.4 is 5.11 Å². The Morgan fingerprint density at radius 3 is 0.892 bits per heavy atom. The van der Waals surface area contributed by atoms with Crippen LogP contribution in [0.5, 0.6) is 5.75 Å². The molecule has 7 heteroatoms. The highest BCUT2D eigenvalue weighted by Crippen LogP contribution is 2.25. The zero-order valence-corrected chi connectivity index (χ0v) is 23.9. The average molecular weight is 538 g/mol. The number of benzene rings is 1. The Morgan fingerprint density at radius 1 is 0.405 bits per heavy atom. The molecule has 0 N–H and O–H groups in total. The summed E-state index contributed by atoms with van der Waals surface area (Å²) in [6.45, 7) is 15.2. The molecule has 0 bridgehead atoms. The first kappa shape index (κ1) is 35.6. The molecule has 0 spiro atoms. The normalized spacial score (nSPS) is 11.5. The van der Waals surface area contributed by atoms with Gasteiger partial charge in [-0.2, -0.15) is 0 Å². The molecule has 0 amide bonds. The molecule has 0 unspecified atom stereocenters. The summed E-state index contributed by atoms with van der Waals surface area (Å²) in [4.78, 5) is 0. The van der Waals surface area contributed by atoms with Crippen LogP contribution in [-0.2, 0) is 0 Å². The van der Waals surface area contributed by atoms with Gasteiger partial charge in [0.1, 0.15) is 0 Å². The van der Waals surface area contributed by atoms with E-state index in [9.17, 15) is 27.1 Å². The maximum Gasteiger partial charge on any atom is 0.200 e. The van der Waals surface area contributed by atoms with Crippen molar-refractivity contribution in [1.82, 2.24) is 0 Å². The second-order valence-corrected chi connectivity index (χ2v) is 10.4. The van der Waals surface area contributed by atoms with Gasteiger partial charge in [0.2, 0.25) is 0 Å². The van der Waals surface area contributed by atoms with Crippen molar-refractivity contribution in [1.29, 1.82) is 0 Å². The van der Waals surface area contributed by atoms with E-state index in [0.717, 1.165) is 0 Å². The molecule has 0 atom stereocenters. The fourth-order valence-corrected chi connectivity index (χ4v) is 4.75. The third-order valence-corrected chi connectivity index (χ3v) is 7.11. The molecule has 37 heavy (non-hydrogen) atoms. The lowest BCUT2D eigenvalue weighted by atomic mass is 10.1. The van der Waals surface area contributed by atoms with E-state index in [1.807, 2.05) is 0 Å². The first-order valence-electron chi connectivity index (χ1n) is 14.7. The molecule has 1 aromatic carbocycles. The predicted molar refractivity (Wildman–Crippen MR) is 142 cm³/mol. The van der Waals surface area contributed by atoms with E-state index in [1.54, 1.807) is 0 Å². The summed E-state index contributed by atoms with van der Waals surface area (Å²) < 4.78 is 61.9. The molecular formula is C30H52F5NO. The van der Waals surface area contributed by atoms with Crippen LogP contribution in [0.2, 0.25) is 0 Å². The number of hydrogen-bond acceptors (Lipinski definition) is 1. The quantitative estimate of drug-likeness (QED) is 0.0534. The highest BCUT2D eigenvalue weighted by atomic mass is 19.2. The molecule has 0 aliphatic rings. The minimum atomic E-state index is -2.33. The van der Waals surface area contributed by atoms with Crippen LogP contribution in [0.15, 0.2) is 0 Å². The van der Waals surface area contributed by atoms with Gasteiger partial charge in [0.25, 0.3) is 0 Å². The van der Waals surface area contributed by atoms with Crippen LogP contribution in [0.1, 0.15) is 130 Å². The van der Waals surface area contributed by atoms with E-state index >= 15 is 0 Å². The summed E-state index contributed by atoms with van der Waals surface area (Å²) in [5.74, 6) is -13.6. The molecule has 0 heterocycles. The highest BCUT2D eigenvalue weighted by Gasteiger charge is 2.25. The minimum absolute atomic E-state index is 1.36.